The summed E-state index contributed by atoms with van der Waals surface area (Å²) in [7, 11) is 0. The van der Waals surface area contributed by atoms with Crippen LogP contribution in [0.3, 0.4) is 0 Å². The molecule has 0 atom stereocenters. The third-order valence-corrected chi connectivity index (χ3v) is 11.8. The van der Waals surface area contributed by atoms with Crippen molar-refractivity contribution < 1.29 is 0 Å². The summed E-state index contributed by atoms with van der Waals surface area (Å²) < 4.78 is 0. The first-order chi connectivity index (χ1) is 25.3. The average molecular weight is 667 g/mol. The molecular weight excluding hydrogens is 629 g/mol. The highest BCUT2D eigenvalue weighted by molar-refractivity contribution is 5.87. The van der Waals surface area contributed by atoms with Crippen LogP contribution in [0, 0.1) is 0 Å². The summed E-state index contributed by atoms with van der Waals surface area (Å²) in [4.78, 5) is 9.73. The first kappa shape index (κ1) is 30.7. The lowest BCUT2D eigenvalue weighted by molar-refractivity contribution is 0.660. The maximum atomic E-state index is 4.87. The number of fused-ring (bicyclic) bond motifs is 7. The number of aromatic nitrogens is 2. The van der Waals surface area contributed by atoms with Gasteiger partial charge in [0.15, 0.2) is 0 Å². The number of hydrogen-bond acceptors (Lipinski definition) is 2. The summed E-state index contributed by atoms with van der Waals surface area (Å²) in [5.74, 6) is 0. The van der Waals surface area contributed by atoms with Crippen LogP contribution in [-0.4, -0.2) is 9.97 Å². The van der Waals surface area contributed by atoms with E-state index in [0.717, 1.165) is 33.3 Å². The van der Waals surface area contributed by atoms with Gasteiger partial charge in [0, 0.05) is 34.4 Å². The van der Waals surface area contributed by atoms with Crippen LogP contribution in [0.2, 0.25) is 0 Å². The van der Waals surface area contributed by atoms with Crippen LogP contribution < -0.4 is 0 Å². The van der Waals surface area contributed by atoms with E-state index in [1.54, 1.807) is 0 Å². The van der Waals surface area contributed by atoms with Crippen molar-refractivity contribution in [1.82, 2.24) is 9.97 Å². The predicted octanol–water partition coefficient (Wildman–Crippen LogP) is 12.9. The number of pyridine rings is 2. The molecule has 0 saturated carbocycles. The lowest BCUT2D eigenvalue weighted by Gasteiger charge is -2.22. The largest absolute Gasteiger partial charge is 0.254 e. The highest BCUT2D eigenvalue weighted by Gasteiger charge is 2.36. The van der Waals surface area contributed by atoms with Crippen molar-refractivity contribution in [3.05, 3.63) is 180 Å². The quantitative estimate of drug-likeness (QED) is 0.187. The molecule has 10 rings (SSSR count). The SMILES string of the molecule is CC1(C)c2ccccc2-c2ccc(-c3ccc(-c4cnc5cc(-c6ccc(-c7ccc8c(c7)C(C)(C)c7ccccc7-8)cc6)cnc5c4)cc3)cc21. The van der Waals surface area contributed by atoms with Gasteiger partial charge in [-0.1, -0.05) is 149 Å². The van der Waals surface area contributed by atoms with Crippen molar-refractivity contribution in [2.24, 2.45) is 0 Å². The van der Waals surface area contributed by atoms with Gasteiger partial charge in [-0.3, -0.25) is 9.97 Å². The Hall–Kier alpha value is -6.12. The molecule has 248 valence electrons. The highest BCUT2D eigenvalue weighted by Crippen LogP contribution is 2.51. The summed E-state index contributed by atoms with van der Waals surface area (Å²) in [6, 6.07) is 53.4. The van der Waals surface area contributed by atoms with E-state index in [0.29, 0.717) is 0 Å². The zero-order valence-electron chi connectivity index (χ0n) is 29.9. The average Bonchev–Trinajstić information content (AvgIpc) is 3.56. The molecule has 6 aromatic carbocycles. The van der Waals surface area contributed by atoms with E-state index >= 15 is 0 Å². The Morgan fingerprint density at radius 2 is 0.635 bits per heavy atom. The lowest BCUT2D eigenvalue weighted by Crippen LogP contribution is -2.14. The third kappa shape index (κ3) is 4.64. The first-order valence-corrected chi connectivity index (χ1v) is 18.2. The Bertz CT molecular complexity index is 2520. The van der Waals surface area contributed by atoms with Crippen molar-refractivity contribution in [2.45, 2.75) is 38.5 Å². The molecule has 0 aliphatic heterocycles. The first-order valence-electron chi connectivity index (χ1n) is 18.2. The van der Waals surface area contributed by atoms with Crippen LogP contribution in [0.25, 0.3) is 77.8 Å². The number of benzene rings is 6. The topological polar surface area (TPSA) is 25.8 Å². The third-order valence-electron chi connectivity index (χ3n) is 11.8. The molecule has 8 aromatic rings. The van der Waals surface area contributed by atoms with Crippen LogP contribution in [0.5, 0.6) is 0 Å². The molecule has 0 spiro atoms. The minimum Gasteiger partial charge on any atom is -0.254 e. The van der Waals surface area contributed by atoms with Crippen LogP contribution >= 0.6 is 0 Å². The zero-order valence-corrected chi connectivity index (χ0v) is 29.9. The van der Waals surface area contributed by atoms with Gasteiger partial charge in [0.2, 0.25) is 0 Å². The van der Waals surface area contributed by atoms with E-state index in [1.807, 2.05) is 12.4 Å². The van der Waals surface area contributed by atoms with Crippen LogP contribution in [0.15, 0.2) is 158 Å². The summed E-state index contributed by atoms with van der Waals surface area (Å²) in [5, 5.41) is 0. The Labute approximate surface area is 305 Å². The normalized spacial score (nSPS) is 14.5. The van der Waals surface area contributed by atoms with Crippen molar-refractivity contribution in [3.63, 3.8) is 0 Å². The molecule has 2 heteroatoms. The summed E-state index contributed by atoms with van der Waals surface area (Å²) in [6.45, 7) is 9.33. The smallest absolute Gasteiger partial charge is 0.0893 e. The van der Waals surface area contributed by atoms with Crippen molar-refractivity contribution >= 4 is 11.0 Å². The van der Waals surface area contributed by atoms with Gasteiger partial charge in [0.25, 0.3) is 0 Å². The predicted molar refractivity (Wildman–Crippen MR) is 216 cm³/mol. The van der Waals surface area contributed by atoms with Crippen LogP contribution in [0.4, 0.5) is 0 Å². The molecule has 0 N–H and O–H groups in total. The van der Waals surface area contributed by atoms with E-state index in [1.165, 1.54) is 66.8 Å². The molecule has 0 amide bonds. The molecule has 0 fully saturated rings. The fourth-order valence-corrected chi connectivity index (χ4v) is 8.80. The molecule has 2 nitrogen and oxygen atoms in total. The van der Waals surface area contributed by atoms with Crippen molar-refractivity contribution in [1.29, 1.82) is 0 Å². The van der Waals surface area contributed by atoms with Crippen LogP contribution in [-0.2, 0) is 10.8 Å². The van der Waals surface area contributed by atoms with E-state index in [4.69, 9.17) is 9.97 Å². The van der Waals surface area contributed by atoms with Crippen molar-refractivity contribution in [3.8, 4) is 66.8 Å². The summed E-state index contributed by atoms with van der Waals surface area (Å²) in [5.41, 5.74) is 22.1. The Kier molecular flexibility index (Phi) is 6.60. The fourth-order valence-electron chi connectivity index (χ4n) is 8.80. The number of rotatable bonds is 4. The summed E-state index contributed by atoms with van der Waals surface area (Å²) in [6.07, 6.45) is 3.93. The minimum absolute atomic E-state index is 0.0108. The summed E-state index contributed by atoms with van der Waals surface area (Å²) >= 11 is 0. The maximum absolute atomic E-state index is 4.87. The Balaban J connectivity index is 0.887. The Morgan fingerprint density at radius 1 is 0.308 bits per heavy atom. The van der Waals surface area contributed by atoms with Gasteiger partial charge < -0.3 is 0 Å². The van der Waals surface area contributed by atoms with Gasteiger partial charge >= 0.3 is 0 Å². The van der Waals surface area contributed by atoms with E-state index in [9.17, 15) is 0 Å². The molecule has 0 unspecified atom stereocenters. The molecule has 0 saturated heterocycles. The maximum Gasteiger partial charge on any atom is 0.0893 e. The molecule has 2 aliphatic rings. The van der Waals surface area contributed by atoms with E-state index in [2.05, 4.69) is 173 Å². The van der Waals surface area contributed by atoms with Gasteiger partial charge in [0.1, 0.15) is 0 Å². The molecule has 2 heterocycles. The standard InChI is InChI=1S/C50H38N2/c1-49(2)43-11-7-5-9-39(43)41-23-21-35(25-45(41)49)31-13-17-33(18-14-31)37-27-47-48(51-29-37)28-38(30-52-47)34-19-15-32(16-20-34)36-22-24-42-40-10-6-8-12-44(40)50(3,4)46(42)26-36/h5-30H,1-4H3. The van der Waals surface area contributed by atoms with Gasteiger partial charge in [-0.15, -0.1) is 0 Å². The second-order valence-corrected chi connectivity index (χ2v) is 15.5. The zero-order chi connectivity index (χ0) is 35.2. The second-order valence-electron chi connectivity index (χ2n) is 15.5. The number of nitrogens with zero attached hydrogens (tertiary/aromatic N) is 2. The van der Waals surface area contributed by atoms with E-state index in [-0.39, 0.29) is 10.8 Å². The fraction of sp³-hybridized carbons (Fsp3) is 0.120. The molecule has 2 aliphatic carbocycles. The van der Waals surface area contributed by atoms with Crippen molar-refractivity contribution in [2.75, 3.05) is 0 Å². The lowest BCUT2D eigenvalue weighted by atomic mass is 9.81. The monoisotopic (exact) mass is 666 g/mol. The van der Waals surface area contributed by atoms with Gasteiger partial charge in [-0.25, -0.2) is 0 Å². The molecule has 0 radical (unpaired) electrons. The number of hydrogen-bond donors (Lipinski definition) is 0. The molecule has 52 heavy (non-hydrogen) atoms. The van der Waals surface area contributed by atoms with Gasteiger partial charge in [-0.2, -0.15) is 0 Å². The van der Waals surface area contributed by atoms with Gasteiger partial charge in [-0.05, 0) is 102 Å². The highest BCUT2D eigenvalue weighted by atomic mass is 14.7. The molecule has 0 bridgehead atoms. The van der Waals surface area contributed by atoms with Crippen LogP contribution in [0.1, 0.15) is 49.9 Å². The Morgan fingerprint density at radius 3 is 1.04 bits per heavy atom. The molecular formula is C50H38N2. The second kappa shape index (κ2) is 11.2. The van der Waals surface area contributed by atoms with Gasteiger partial charge in [0.05, 0.1) is 11.0 Å². The molecule has 2 aromatic heterocycles. The van der Waals surface area contributed by atoms with E-state index < -0.39 is 0 Å². The minimum atomic E-state index is -0.0108.